The molecule has 73 heavy (non-hydrogen) atoms. The molecule has 9 nitrogen and oxygen atoms in total. The molecule has 0 aliphatic rings. The van der Waals surface area contributed by atoms with Crippen LogP contribution in [0, 0.1) is 0 Å². The summed E-state index contributed by atoms with van der Waals surface area (Å²) in [7, 11) is 5.88. The van der Waals surface area contributed by atoms with Gasteiger partial charge in [-0.05, 0) is 116 Å². The molecule has 2 atom stereocenters. The number of nitrogens with zero attached hydrogens (tertiary/aromatic N) is 1. The van der Waals surface area contributed by atoms with Crippen molar-refractivity contribution < 1.29 is 42.9 Å². The Balaban J connectivity index is 4.47. The third-order valence-electron chi connectivity index (χ3n) is 10.8. The minimum absolute atomic E-state index is 0.124. The van der Waals surface area contributed by atoms with E-state index in [0.29, 0.717) is 30.3 Å². The van der Waals surface area contributed by atoms with Gasteiger partial charge in [-0.3, -0.25) is 9.59 Å². The van der Waals surface area contributed by atoms with Gasteiger partial charge in [-0.2, -0.15) is 0 Å². The van der Waals surface area contributed by atoms with Crippen molar-refractivity contribution >= 4 is 17.9 Å². The van der Waals surface area contributed by atoms with E-state index in [1.165, 1.54) is 0 Å². The second kappa shape index (κ2) is 53.2. The maximum atomic E-state index is 12.8. The van der Waals surface area contributed by atoms with E-state index in [1.54, 1.807) is 0 Å². The molecule has 0 heterocycles. The number of allylic oxidation sites excluding steroid dienone is 26. The molecule has 0 aromatic rings. The third kappa shape index (κ3) is 54.5. The quantitative estimate of drug-likeness (QED) is 0.0195. The Morgan fingerprint density at radius 3 is 1.14 bits per heavy atom. The SMILES string of the molecule is CC/C=C\C/C=C\C/C=C\C/C=C\C/C=C\C/C=C\C/C=C\CCCC(=O)OC(COC(=O)CCCCCCCC/C=C\C/C=C\C/C=C\C/C=C\C/C=C\C/C=C\CC)COC(OCC[N+](C)(C)C)C(=O)[O-]. The minimum Gasteiger partial charge on any atom is -0.545 e. The summed E-state index contributed by atoms with van der Waals surface area (Å²) in [5.74, 6) is -2.41. The standard InChI is InChI=1S/C64H99NO8/c1-6-8-10-12-14-16-18-20-22-24-26-28-30-31-33-34-36-38-40-42-44-46-48-50-52-54-61(66)71-58-60(59-72-64(63(68)69)70-57-56-65(3,4)5)73-62(67)55-53-51-49-47-45-43-41-39-37-35-32-29-27-25-23-21-19-17-15-13-11-9-7-2/h8-11,14-17,20-23,26-29,31,33,35-38,41,43,47,49,60,64H,6-7,12-13,18-19,24-25,30,32,34,39-40,42,44-46,48,50-59H2,1-5H3/b10-8-,11-9-,16-14-,17-15-,22-20-,23-21-,28-26-,29-27-,33-31-,37-35-,38-36-,43-41-,49-47-. The van der Waals surface area contributed by atoms with Crippen molar-refractivity contribution in [3.05, 3.63) is 158 Å². The Hall–Kier alpha value is -5.09. The number of unbranched alkanes of at least 4 members (excludes halogenated alkanes) is 7. The van der Waals surface area contributed by atoms with Gasteiger partial charge in [-0.15, -0.1) is 0 Å². The fraction of sp³-hybridized carbons (Fsp3) is 0.547. The van der Waals surface area contributed by atoms with Gasteiger partial charge in [0.2, 0.25) is 0 Å². The van der Waals surface area contributed by atoms with E-state index in [1.807, 2.05) is 27.2 Å². The molecule has 0 rings (SSSR count). The number of esters is 2. The lowest BCUT2D eigenvalue weighted by Crippen LogP contribution is -2.44. The lowest BCUT2D eigenvalue weighted by atomic mass is 10.1. The normalized spacial score (nSPS) is 14.0. The van der Waals surface area contributed by atoms with E-state index in [4.69, 9.17) is 18.9 Å². The molecule has 0 fully saturated rings. The summed E-state index contributed by atoms with van der Waals surface area (Å²) in [6, 6.07) is 0. The van der Waals surface area contributed by atoms with Crippen LogP contribution < -0.4 is 5.11 Å². The summed E-state index contributed by atoms with van der Waals surface area (Å²) >= 11 is 0. The number of hydrogen-bond acceptors (Lipinski definition) is 8. The molecule has 9 heteroatoms. The molecule has 0 bridgehead atoms. The Labute approximate surface area is 444 Å². The van der Waals surface area contributed by atoms with Crippen LogP contribution >= 0.6 is 0 Å². The number of hydrogen-bond donors (Lipinski definition) is 0. The molecule has 2 unspecified atom stereocenters. The molecule has 0 aliphatic carbocycles. The maximum absolute atomic E-state index is 12.8. The van der Waals surface area contributed by atoms with E-state index in [9.17, 15) is 19.5 Å². The van der Waals surface area contributed by atoms with Gasteiger partial charge in [0.15, 0.2) is 12.4 Å². The number of ether oxygens (including phenoxy) is 4. The molecule has 0 saturated carbocycles. The number of carboxylic acids is 1. The van der Waals surface area contributed by atoms with Crippen molar-refractivity contribution in [3.8, 4) is 0 Å². The van der Waals surface area contributed by atoms with Gasteiger partial charge in [0.05, 0.1) is 40.3 Å². The number of carbonyl (C=O) groups is 3. The van der Waals surface area contributed by atoms with Gasteiger partial charge >= 0.3 is 11.9 Å². The number of carbonyl (C=O) groups excluding carboxylic acids is 3. The summed E-state index contributed by atoms with van der Waals surface area (Å²) in [6.07, 6.45) is 75.7. The highest BCUT2D eigenvalue weighted by Gasteiger charge is 2.21. The number of likely N-dealkylation sites (N-methyl/N-ethyl adjacent to an activating group) is 1. The van der Waals surface area contributed by atoms with E-state index < -0.39 is 30.3 Å². The molecule has 0 radical (unpaired) electrons. The summed E-state index contributed by atoms with van der Waals surface area (Å²) in [6.45, 7) is 4.39. The highest BCUT2D eigenvalue weighted by Crippen LogP contribution is 2.12. The summed E-state index contributed by atoms with van der Waals surface area (Å²) in [5, 5.41) is 11.8. The monoisotopic (exact) mass is 1010 g/mol. The summed E-state index contributed by atoms with van der Waals surface area (Å²) < 4.78 is 22.6. The fourth-order valence-electron chi connectivity index (χ4n) is 6.58. The molecule has 408 valence electrons. The Bertz CT molecular complexity index is 1750. The zero-order chi connectivity index (χ0) is 53.4. The van der Waals surface area contributed by atoms with Crippen LogP contribution in [-0.4, -0.2) is 82.3 Å². The molecule has 0 spiro atoms. The van der Waals surface area contributed by atoms with E-state index in [2.05, 4.69) is 166 Å². The molecule has 0 aromatic carbocycles. The maximum Gasteiger partial charge on any atom is 0.306 e. The Morgan fingerprint density at radius 2 is 0.753 bits per heavy atom. The van der Waals surface area contributed by atoms with Crippen molar-refractivity contribution in [2.24, 2.45) is 0 Å². The highest BCUT2D eigenvalue weighted by atomic mass is 16.7. The molecular weight excluding hydrogens is 911 g/mol. The molecule has 0 aliphatic heterocycles. The van der Waals surface area contributed by atoms with Crippen LogP contribution in [0.5, 0.6) is 0 Å². The van der Waals surface area contributed by atoms with Gasteiger partial charge < -0.3 is 33.3 Å². The zero-order valence-electron chi connectivity index (χ0n) is 46.2. The van der Waals surface area contributed by atoms with Crippen molar-refractivity contribution in [3.63, 3.8) is 0 Å². The van der Waals surface area contributed by atoms with E-state index in [0.717, 1.165) is 122 Å². The lowest BCUT2D eigenvalue weighted by Gasteiger charge is -2.26. The average Bonchev–Trinajstić information content (AvgIpc) is 3.36. The van der Waals surface area contributed by atoms with E-state index >= 15 is 0 Å². The third-order valence-corrected chi connectivity index (χ3v) is 10.8. The van der Waals surface area contributed by atoms with Crippen LogP contribution in [-0.2, 0) is 33.3 Å². The number of aliphatic carboxylic acids is 1. The first-order valence-corrected chi connectivity index (χ1v) is 27.6. The topological polar surface area (TPSA) is 111 Å². The van der Waals surface area contributed by atoms with Crippen LogP contribution in [0.25, 0.3) is 0 Å². The number of quaternary nitrogens is 1. The fourth-order valence-corrected chi connectivity index (χ4v) is 6.58. The van der Waals surface area contributed by atoms with Gasteiger partial charge in [0.1, 0.15) is 13.2 Å². The van der Waals surface area contributed by atoms with Gasteiger partial charge in [-0.25, -0.2) is 0 Å². The average molecular weight is 1010 g/mol. The second-order valence-corrected chi connectivity index (χ2v) is 18.8. The predicted molar refractivity (Wildman–Crippen MR) is 305 cm³/mol. The number of rotatable bonds is 48. The predicted octanol–water partition coefficient (Wildman–Crippen LogP) is 14.9. The Kier molecular flexibility index (Phi) is 49.5. The summed E-state index contributed by atoms with van der Waals surface area (Å²) in [4.78, 5) is 37.2. The minimum atomic E-state index is -1.65. The van der Waals surface area contributed by atoms with Crippen LogP contribution in [0.2, 0.25) is 0 Å². The first kappa shape index (κ1) is 67.9. The lowest BCUT2D eigenvalue weighted by molar-refractivity contribution is -0.870. The van der Waals surface area contributed by atoms with Crippen LogP contribution in [0.1, 0.15) is 168 Å². The van der Waals surface area contributed by atoms with E-state index in [-0.39, 0.29) is 32.7 Å². The highest BCUT2D eigenvalue weighted by molar-refractivity contribution is 5.70. The zero-order valence-corrected chi connectivity index (χ0v) is 46.2. The molecular formula is C64H99NO8. The largest absolute Gasteiger partial charge is 0.545 e. The number of carboxylic acid groups (broad SMARTS) is 1. The summed E-state index contributed by atoms with van der Waals surface area (Å²) in [5.41, 5.74) is 0. The van der Waals surface area contributed by atoms with Crippen molar-refractivity contribution in [2.75, 3.05) is 47.5 Å². The van der Waals surface area contributed by atoms with Crippen molar-refractivity contribution in [2.45, 2.75) is 180 Å². The first-order valence-electron chi connectivity index (χ1n) is 27.6. The molecule has 0 aromatic heterocycles. The Morgan fingerprint density at radius 1 is 0.411 bits per heavy atom. The molecule has 0 saturated heterocycles. The first-order chi connectivity index (χ1) is 35.6. The molecule has 0 amide bonds. The van der Waals surface area contributed by atoms with Crippen molar-refractivity contribution in [1.82, 2.24) is 0 Å². The van der Waals surface area contributed by atoms with Crippen LogP contribution in [0.15, 0.2) is 158 Å². The van der Waals surface area contributed by atoms with Gasteiger partial charge in [0.25, 0.3) is 0 Å². The smallest absolute Gasteiger partial charge is 0.306 e. The van der Waals surface area contributed by atoms with Gasteiger partial charge in [0, 0.05) is 12.8 Å². The molecule has 0 N–H and O–H groups in total. The van der Waals surface area contributed by atoms with Crippen LogP contribution in [0.3, 0.4) is 0 Å². The van der Waals surface area contributed by atoms with Crippen molar-refractivity contribution in [1.29, 1.82) is 0 Å². The second-order valence-electron chi connectivity index (χ2n) is 18.8. The van der Waals surface area contributed by atoms with Crippen LogP contribution in [0.4, 0.5) is 0 Å². The van der Waals surface area contributed by atoms with Gasteiger partial charge in [-0.1, -0.05) is 198 Å².